The Kier molecular flexibility index (Phi) is 6.88. The summed E-state index contributed by atoms with van der Waals surface area (Å²) in [6, 6.07) is 17.2. The van der Waals surface area contributed by atoms with E-state index in [1.165, 1.54) is 24.3 Å². The Hall–Kier alpha value is -3.72. The van der Waals surface area contributed by atoms with Gasteiger partial charge < -0.3 is 9.80 Å². The Morgan fingerprint density at radius 3 is 1.94 bits per heavy atom. The molecule has 1 aliphatic rings. The first-order chi connectivity index (χ1) is 16.6. The monoisotopic (exact) mass is 495 g/mol. The summed E-state index contributed by atoms with van der Waals surface area (Å²) in [6.45, 7) is 4.72. The lowest BCUT2D eigenvalue weighted by Gasteiger charge is -2.35. The summed E-state index contributed by atoms with van der Waals surface area (Å²) in [5.74, 6) is -1.03. The fraction of sp³-hybridized carbons (Fsp3) is 0.231. The van der Waals surface area contributed by atoms with Crippen LogP contribution in [0.5, 0.6) is 0 Å². The van der Waals surface area contributed by atoms with Crippen molar-refractivity contribution in [3.8, 4) is 0 Å². The van der Waals surface area contributed by atoms with Crippen LogP contribution in [-0.2, 0) is 10.0 Å². The van der Waals surface area contributed by atoms with Crippen LogP contribution < -0.4 is 4.72 Å². The molecule has 0 unspecified atom stereocenters. The SMILES string of the molecule is Cc1ccc(NS(=O)(=O)c2cccc(C(=O)N3CCN(C(=O)c4ccc(C)c(F)c4)CC3)c2)cc1. The molecule has 1 aliphatic heterocycles. The predicted octanol–water partition coefficient (Wildman–Crippen LogP) is 3.84. The predicted molar refractivity (Wildman–Crippen MR) is 131 cm³/mol. The number of hydrogen-bond donors (Lipinski definition) is 1. The highest BCUT2D eigenvalue weighted by Crippen LogP contribution is 2.20. The highest BCUT2D eigenvalue weighted by Gasteiger charge is 2.26. The number of benzene rings is 3. The molecule has 0 spiro atoms. The zero-order valence-electron chi connectivity index (χ0n) is 19.5. The van der Waals surface area contributed by atoms with E-state index in [4.69, 9.17) is 0 Å². The van der Waals surface area contributed by atoms with Crippen LogP contribution in [0.2, 0.25) is 0 Å². The normalized spacial score (nSPS) is 14.0. The third-order valence-corrected chi connectivity index (χ3v) is 7.35. The van der Waals surface area contributed by atoms with E-state index in [1.54, 1.807) is 59.2 Å². The van der Waals surface area contributed by atoms with Gasteiger partial charge in [0.15, 0.2) is 0 Å². The van der Waals surface area contributed by atoms with Crippen molar-refractivity contribution in [3.63, 3.8) is 0 Å². The molecule has 1 N–H and O–H groups in total. The lowest BCUT2D eigenvalue weighted by molar-refractivity contribution is 0.0535. The van der Waals surface area contributed by atoms with Crippen LogP contribution in [0.3, 0.4) is 0 Å². The van der Waals surface area contributed by atoms with Crippen molar-refractivity contribution >= 4 is 27.5 Å². The van der Waals surface area contributed by atoms with Gasteiger partial charge in [-0.25, -0.2) is 12.8 Å². The molecule has 0 aliphatic carbocycles. The van der Waals surface area contributed by atoms with Crippen LogP contribution in [0.15, 0.2) is 71.6 Å². The van der Waals surface area contributed by atoms with Gasteiger partial charge >= 0.3 is 0 Å². The summed E-state index contributed by atoms with van der Waals surface area (Å²) in [6.07, 6.45) is 0. The Labute approximate surface area is 204 Å². The Balaban J connectivity index is 1.42. The van der Waals surface area contributed by atoms with Crippen LogP contribution in [0.4, 0.5) is 10.1 Å². The van der Waals surface area contributed by atoms with Crippen molar-refractivity contribution < 1.29 is 22.4 Å². The Bertz CT molecular complexity index is 1370. The molecule has 1 fully saturated rings. The third-order valence-electron chi connectivity index (χ3n) is 5.97. The molecule has 0 bridgehead atoms. The van der Waals surface area contributed by atoms with E-state index in [2.05, 4.69) is 4.72 Å². The zero-order valence-corrected chi connectivity index (χ0v) is 20.3. The number of hydrogen-bond acceptors (Lipinski definition) is 4. The van der Waals surface area contributed by atoms with E-state index in [0.717, 1.165) is 5.56 Å². The highest BCUT2D eigenvalue weighted by atomic mass is 32.2. The lowest BCUT2D eigenvalue weighted by atomic mass is 10.1. The third kappa shape index (κ3) is 5.51. The first-order valence-electron chi connectivity index (χ1n) is 11.2. The van der Waals surface area contributed by atoms with Crippen molar-refractivity contribution in [2.75, 3.05) is 30.9 Å². The number of carbonyl (C=O) groups is 2. The van der Waals surface area contributed by atoms with Crippen LogP contribution in [0.25, 0.3) is 0 Å². The van der Waals surface area contributed by atoms with Crippen molar-refractivity contribution in [3.05, 3.63) is 94.8 Å². The van der Waals surface area contributed by atoms with Gasteiger partial charge in [-0.1, -0.05) is 29.8 Å². The number of sulfonamides is 1. The molecular formula is C26H26FN3O4S. The van der Waals surface area contributed by atoms with Gasteiger partial charge in [-0.3, -0.25) is 14.3 Å². The Morgan fingerprint density at radius 2 is 1.37 bits per heavy atom. The van der Waals surface area contributed by atoms with Crippen molar-refractivity contribution in [2.24, 2.45) is 0 Å². The molecule has 1 saturated heterocycles. The molecule has 182 valence electrons. The number of nitrogens with one attached hydrogen (secondary N) is 1. The van der Waals surface area contributed by atoms with Gasteiger partial charge in [-0.05, 0) is 61.9 Å². The lowest BCUT2D eigenvalue weighted by Crippen LogP contribution is -2.50. The molecule has 0 radical (unpaired) electrons. The second kappa shape index (κ2) is 9.87. The molecule has 0 saturated carbocycles. The number of anilines is 1. The summed E-state index contributed by atoms with van der Waals surface area (Å²) in [4.78, 5) is 28.9. The molecule has 0 aromatic heterocycles. The summed E-state index contributed by atoms with van der Waals surface area (Å²) < 4.78 is 42.0. The fourth-order valence-electron chi connectivity index (χ4n) is 3.84. The first-order valence-corrected chi connectivity index (χ1v) is 12.7. The van der Waals surface area contributed by atoms with Gasteiger partial charge in [0, 0.05) is 43.0 Å². The minimum Gasteiger partial charge on any atom is -0.335 e. The second-order valence-electron chi connectivity index (χ2n) is 8.55. The number of halogens is 1. The maximum atomic E-state index is 13.8. The van der Waals surface area contributed by atoms with Crippen LogP contribution >= 0.6 is 0 Å². The van der Waals surface area contributed by atoms with Crippen LogP contribution in [0.1, 0.15) is 31.8 Å². The number of carbonyl (C=O) groups excluding carboxylic acids is 2. The van der Waals surface area contributed by atoms with Gasteiger partial charge in [0.25, 0.3) is 21.8 Å². The molecule has 7 nitrogen and oxygen atoms in total. The number of piperazine rings is 1. The molecule has 35 heavy (non-hydrogen) atoms. The topological polar surface area (TPSA) is 86.8 Å². The van der Waals surface area contributed by atoms with Gasteiger partial charge in [-0.15, -0.1) is 0 Å². The highest BCUT2D eigenvalue weighted by molar-refractivity contribution is 7.92. The van der Waals surface area contributed by atoms with E-state index >= 15 is 0 Å². The largest absolute Gasteiger partial charge is 0.335 e. The molecule has 3 aromatic rings. The van der Waals surface area contributed by atoms with Gasteiger partial charge in [0.1, 0.15) is 5.82 Å². The fourth-order valence-corrected chi connectivity index (χ4v) is 4.94. The maximum absolute atomic E-state index is 13.8. The number of aryl methyl sites for hydroxylation is 2. The number of rotatable bonds is 5. The molecule has 3 aromatic carbocycles. The Morgan fingerprint density at radius 1 is 0.800 bits per heavy atom. The zero-order chi connectivity index (χ0) is 25.2. The average molecular weight is 496 g/mol. The van der Waals surface area contributed by atoms with E-state index in [0.29, 0.717) is 24.3 Å². The first kappa shape index (κ1) is 24.4. The van der Waals surface area contributed by atoms with Crippen LogP contribution in [0, 0.1) is 19.7 Å². The smallest absolute Gasteiger partial charge is 0.261 e. The summed E-state index contributed by atoms with van der Waals surface area (Å²) >= 11 is 0. The minimum absolute atomic E-state index is 0.0147. The number of amides is 2. The molecule has 1 heterocycles. The summed E-state index contributed by atoms with van der Waals surface area (Å²) in [5.41, 5.74) is 2.43. The van der Waals surface area contributed by atoms with Crippen molar-refractivity contribution in [1.29, 1.82) is 0 Å². The van der Waals surface area contributed by atoms with Crippen molar-refractivity contribution in [1.82, 2.24) is 9.80 Å². The van der Waals surface area contributed by atoms with Gasteiger partial charge in [-0.2, -0.15) is 0 Å². The minimum atomic E-state index is -3.87. The van der Waals surface area contributed by atoms with E-state index in [-0.39, 0.29) is 40.9 Å². The van der Waals surface area contributed by atoms with E-state index in [1.807, 2.05) is 6.92 Å². The molecule has 9 heteroatoms. The summed E-state index contributed by atoms with van der Waals surface area (Å²) in [7, 11) is -3.87. The molecular weight excluding hydrogens is 469 g/mol. The standard InChI is InChI=1S/C26H26FN3O4S/c1-18-6-10-22(11-7-18)28-35(33,34)23-5-3-4-20(16-23)25(31)29-12-14-30(15-13-29)26(32)21-9-8-19(2)24(27)17-21/h3-11,16-17,28H,12-15H2,1-2H3. The van der Waals surface area contributed by atoms with Gasteiger partial charge in [0.05, 0.1) is 4.90 Å². The quantitative estimate of drug-likeness (QED) is 0.583. The van der Waals surface area contributed by atoms with Crippen molar-refractivity contribution in [2.45, 2.75) is 18.7 Å². The molecule has 4 rings (SSSR count). The van der Waals surface area contributed by atoms with Crippen LogP contribution in [-0.4, -0.2) is 56.2 Å². The molecule has 2 amide bonds. The second-order valence-corrected chi connectivity index (χ2v) is 10.2. The molecule has 0 atom stereocenters. The number of nitrogens with zero attached hydrogens (tertiary/aromatic N) is 2. The average Bonchev–Trinajstić information content (AvgIpc) is 2.86. The summed E-state index contributed by atoms with van der Waals surface area (Å²) in [5, 5.41) is 0. The van der Waals surface area contributed by atoms with E-state index in [9.17, 15) is 22.4 Å². The van der Waals surface area contributed by atoms with E-state index < -0.39 is 15.8 Å². The van der Waals surface area contributed by atoms with Gasteiger partial charge in [0.2, 0.25) is 0 Å². The maximum Gasteiger partial charge on any atom is 0.261 e.